The summed E-state index contributed by atoms with van der Waals surface area (Å²) < 4.78 is 11.4. The summed E-state index contributed by atoms with van der Waals surface area (Å²) in [5.74, 6) is 2.42. The van der Waals surface area contributed by atoms with Gasteiger partial charge in [-0.3, -0.25) is 4.90 Å². The molecule has 25 heavy (non-hydrogen) atoms. The summed E-state index contributed by atoms with van der Waals surface area (Å²) >= 11 is 0. The number of methoxy groups -OCH3 is 1. The number of likely N-dealkylation sites (tertiary alicyclic amines) is 1. The lowest BCUT2D eigenvalue weighted by atomic mass is 9.80. The van der Waals surface area contributed by atoms with Crippen LogP contribution in [0.15, 0.2) is 24.3 Å². The van der Waals surface area contributed by atoms with Crippen LogP contribution in [0.5, 0.6) is 5.75 Å². The third-order valence-electron chi connectivity index (χ3n) is 7.11. The van der Waals surface area contributed by atoms with Crippen molar-refractivity contribution in [2.24, 2.45) is 5.92 Å². The highest BCUT2D eigenvalue weighted by atomic mass is 16.5. The summed E-state index contributed by atoms with van der Waals surface area (Å²) in [5.41, 5.74) is 1.75. The van der Waals surface area contributed by atoms with Crippen molar-refractivity contribution in [3.63, 3.8) is 0 Å². The molecule has 1 saturated carbocycles. The highest BCUT2D eigenvalue weighted by molar-refractivity contribution is 5.30. The summed E-state index contributed by atoms with van der Waals surface area (Å²) in [7, 11) is 1.74. The quantitative estimate of drug-likeness (QED) is 0.797. The van der Waals surface area contributed by atoms with Gasteiger partial charge in [0.2, 0.25) is 0 Å². The van der Waals surface area contributed by atoms with Crippen LogP contribution >= 0.6 is 0 Å². The van der Waals surface area contributed by atoms with Crippen LogP contribution in [0.2, 0.25) is 0 Å². The van der Waals surface area contributed by atoms with Crippen molar-refractivity contribution in [2.45, 2.75) is 69.4 Å². The van der Waals surface area contributed by atoms with Gasteiger partial charge in [-0.2, -0.15) is 0 Å². The molecular weight excluding hydrogens is 310 g/mol. The first-order chi connectivity index (χ1) is 12.2. The van der Waals surface area contributed by atoms with Crippen LogP contribution in [0.4, 0.5) is 0 Å². The van der Waals surface area contributed by atoms with Crippen LogP contribution < -0.4 is 4.74 Å². The average molecular weight is 344 g/mol. The molecule has 1 unspecified atom stereocenters. The van der Waals surface area contributed by atoms with Crippen molar-refractivity contribution in [1.82, 2.24) is 4.90 Å². The van der Waals surface area contributed by atoms with Gasteiger partial charge >= 0.3 is 0 Å². The number of benzene rings is 1. The Hall–Kier alpha value is -1.06. The summed E-state index contributed by atoms with van der Waals surface area (Å²) in [6.07, 6.45) is 9.04. The van der Waals surface area contributed by atoms with E-state index in [1.165, 1.54) is 63.6 Å². The number of hydrogen-bond donors (Lipinski definition) is 0. The number of hydrogen-bond acceptors (Lipinski definition) is 3. The van der Waals surface area contributed by atoms with E-state index in [2.05, 4.69) is 36.1 Å². The fourth-order valence-corrected chi connectivity index (χ4v) is 5.49. The second kappa shape index (κ2) is 7.28. The Kier molecular flexibility index (Phi) is 5.06. The van der Waals surface area contributed by atoms with Crippen LogP contribution in [-0.4, -0.2) is 43.3 Å². The molecule has 2 atom stereocenters. The molecule has 0 radical (unpaired) electrons. The van der Waals surface area contributed by atoms with Crippen LogP contribution in [0.25, 0.3) is 0 Å². The smallest absolute Gasteiger partial charge is 0.118 e. The molecule has 138 valence electrons. The van der Waals surface area contributed by atoms with Gasteiger partial charge in [0, 0.05) is 31.7 Å². The average Bonchev–Trinajstić information content (AvgIpc) is 3.30. The number of rotatable bonds is 4. The minimum atomic E-state index is 0.260. The zero-order valence-electron chi connectivity index (χ0n) is 15.9. The van der Waals surface area contributed by atoms with Crippen LogP contribution in [-0.2, 0) is 4.74 Å². The molecule has 1 aromatic rings. The van der Waals surface area contributed by atoms with Crippen LogP contribution in [0.3, 0.4) is 0 Å². The molecule has 2 saturated heterocycles. The standard InChI is InChI=1S/C22H33NO2/c1-3-17-15-23(16-21(17)18-5-7-20(24-2)8-6-18)19-9-12-22(13-10-19)11-4-14-25-22/h5-8,17,19,21H,3-4,9-16H2,1-2H3/t17?,19?,21-,22?/m1/s1. The van der Waals surface area contributed by atoms with E-state index in [0.29, 0.717) is 5.92 Å². The molecule has 2 heterocycles. The first-order valence-corrected chi connectivity index (χ1v) is 10.2. The van der Waals surface area contributed by atoms with Crippen molar-refractivity contribution >= 4 is 0 Å². The Bertz CT molecular complexity index is 554. The Morgan fingerprint density at radius 2 is 1.88 bits per heavy atom. The van der Waals surface area contributed by atoms with E-state index >= 15 is 0 Å². The Labute approximate surface area is 152 Å². The summed E-state index contributed by atoms with van der Waals surface area (Å²) in [5, 5.41) is 0. The van der Waals surface area contributed by atoms with Gasteiger partial charge < -0.3 is 9.47 Å². The Morgan fingerprint density at radius 3 is 2.48 bits per heavy atom. The van der Waals surface area contributed by atoms with Crippen LogP contribution in [0.1, 0.15) is 63.4 Å². The molecule has 1 aromatic carbocycles. The zero-order chi connectivity index (χ0) is 17.3. The largest absolute Gasteiger partial charge is 0.497 e. The number of nitrogens with zero attached hydrogens (tertiary/aromatic N) is 1. The first kappa shape index (κ1) is 17.4. The molecule has 1 aliphatic carbocycles. The molecule has 0 N–H and O–H groups in total. The van der Waals surface area contributed by atoms with Gasteiger partial charge in [-0.15, -0.1) is 0 Å². The van der Waals surface area contributed by atoms with E-state index in [1.807, 2.05) is 0 Å². The molecule has 0 aromatic heterocycles. The van der Waals surface area contributed by atoms with E-state index in [0.717, 1.165) is 24.3 Å². The van der Waals surface area contributed by atoms with Gasteiger partial charge in [0.05, 0.1) is 12.7 Å². The van der Waals surface area contributed by atoms with E-state index in [-0.39, 0.29) is 5.60 Å². The predicted octanol–water partition coefficient (Wildman–Crippen LogP) is 4.61. The molecule has 4 rings (SSSR count). The van der Waals surface area contributed by atoms with E-state index in [4.69, 9.17) is 9.47 Å². The van der Waals surface area contributed by atoms with Crippen molar-refractivity contribution < 1.29 is 9.47 Å². The fourth-order valence-electron chi connectivity index (χ4n) is 5.49. The maximum Gasteiger partial charge on any atom is 0.118 e. The van der Waals surface area contributed by atoms with Gasteiger partial charge in [-0.1, -0.05) is 25.5 Å². The van der Waals surface area contributed by atoms with Gasteiger partial charge in [0.15, 0.2) is 0 Å². The maximum atomic E-state index is 6.12. The second-order valence-corrected chi connectivity index (χ2v) is 8.37. The van der Waals surface area contributed by atoms with E-state index in [9.17, 15) is 0 Å². The topological polar surface area (TPSA) is 21.7 Å². The van der Waals surface area contributed by atoms with Crippen molar-refractivity contribution in [3.8, 4) is 5.75 Å². The third kappa shape index (κ3) is 3.46. The zero-order valence-corrected chi connectivity index (χ0v) is 15.9. The second-order valence-electron chi connectivity index (χ2n) is 8.37. The summed E-state index contributed by atoms with van der Waals surface area (Å²) in [6.45, 7) is 5.84. The molecule has 1 spiro atoms. The molecule has 3 nitrogen and oxygen atoms in total. The fraction of sp³-hybridized carbons (Fsp3) is 0.727. The Morgan fingerprint density at radius 1 is 1.12 bits per heavy atom. The van der Waals surface area contributed by atoms with Crippen molar-refractivity contribution in [3.05, 3.63) is 29.8 Å². The molecule has 0 amide bonds. The number of ether oxygens (including phenoxy) is 2. The molecule has 3 heteroatoms. The molecule has 0 bridgehead atoms. The third-order valence-corrected chi connectivity index (χ3v) is 7.11. The lowest BCUT2D eigenvalue weighted by Gasteiger charge is -2.40. The summed E-state index contributed by atoms with van der Waals surface area (Å²) in [4.78, 5) is 2.80. The van der Waals surface area contributed by atoms with Gasteiger partial charge in [0.1, 0.15) is 5.75 Å². The van der Waals surface area contributed by atoms with E-state index < -0.39 is 0 Å². The van der Waals surface area contributed by atoms with Gasteiger partial charge in [-0.25, -0.2) is 0 Å². The maximum absolute atomic E-state index is 6.12. The molecule has 2 aliphatic heterocycles. The normalized spacial score (nSPS) is 36.2. The highest BCUT2D eigenvalue weighted by Gasteiger charge is 2.42. The summed E-state index contributed by atoms with van der Waals surface area (Å²) in [6, 6.07) is 9.56. The van der Waals surface area contributed by atoms with E-state index in [1.54, 1.807) is 7.11 Å². The minimum absolute atomic E-state index is 0.260. The van der Waals surface area contributed by atoms with Gasteiger partial charge in [-0.05, 0) is 62.1 Å². The van der Waals surface area contributed by atoms with Gasteiger partial charge in [0.25, 0.3) is 0 Å². The minimum Gasteiger partial charge on any atom is -0.497 e. The monoisotopic (exact) mass is 343 g/mol. The Balaban J connectivity index is 1.40. The van der Waals surface area contributed by atoms with Crippen molar-refractivity contribution in [2.75, 3.05) is 26.8 Å². The first-order valence-electron chi connectivity index (χ1n) is 10.2. The molecule has 3 aliphatic rings. The predicted molar refractivity (Wildman–Crippen MR) is 101 cm³/mol. The van der Waals surface area contributed by atoms with Crippen molar-refractivity contribution in [1.29, 1.82) is 0 Å². The molecule has 3 fully saturated rings. The lowest BCUT2D eigenvalue weighted by Crippen LogP contribution is -2.42. The highest BCUT2D eigenvalue weighted by Crippen LogP contribution is 2.43. The lowest BCUT2D eigenvalue weighted by molar-refractivity contribution is -0.0405. The van der Waals surface area contributed by atoms with Crippen LogP contribution in [0, 0.1) is 5.92 Å². The molecular formula is C22H33NO2. The SMILES string of the molecule is CCC1CN(C2CCC3(CCCO3)CC2)C[C@H]1c1ccc(OC)cc1.